The molecule has 0 atom stereocenters. The summed E-state index contributed by atoms with van der Waals surface area (Å²) in [6, 6.07) is 0.783. The van der Waals surface area contributed by atoms with Gasteiger partial charge < -0.3 is 5.32 Å². The maximum atomic E-state index is 6.34. The molecule has 1 heterocycles. The number of rotatable bonds is 7. The second kappa shape index (κ2) is 6.04. The Balaban J connectivity index is 1.84. The fourth-order valence-electron chi connectivity index (χ4n) is 2.07. The molecule has 0 aromatic carbocycles. The molecule has 1 aromatic rings. The second-order valence-electron chi connectivity index (χ2n) is 5.15. The van der Waals surface area contributed by atoms with E-state index in [0.717, 1.165) is 48.5 Å². The molecule has 0 aliphatic heterocycles. The molecule has 0 amide bonds. The number of nitrogens with zero attached hydrogens (tertiary/aromatic N) is 3. The van der Waals surface area contributed by atoms with Crippen molar-refractivity contribution in [3.63, 3.8) is 0 Å². The van der Waals surface area contributed by atoms with Gasteiger partial charge in [-0.25, -0.2) is 0 Å². The van der Waals surface area contributed by atoms with Crippen LogP contribution in [0.3, 0.4) is 0 Å². The lowest BCUT2D eigenvalue weighted by Crippen LogP contribution is -2.30. The molecule has 1 aliphatic carbocycles. The molecule has 1 aromatic heterocycles. The van der Waals surface area contributed by atoms with Crippen LogP contribution in [-0.2, 0) is 20.0 Å². The van der Waals surface area contributed by atoms with Gasteiger partial charge in [-0.2, -0.15) is 5.10 Å². The minimum absolute atomic E-state index is 0.783. The van der Waals surface area contributed by atoms with Crippen molar-refractivity contribution < 1.29 is 0 Å². The Labute approximate surface area is 114 Å². The van der Waals surface area contributed by atoms with Gasteiger partial charge in [0.15, 0.2) is 0 Å². The van der Waals surface area contributed by atoms with Gasteiger partial charge in [-0.1, -0.05) is 18.5 Å². The van der Waals surface area contributed by atoms with Crippen molar-refractivity contribution >= 4 is 11.6 Å². The van der Waals surface area contributed by atoms with Crippen LogP contribution in [0.2, 0.25) is 5.02 Å². The van der Waals surface area contributed by atoms with Crippen molar-refractivity contribution in [1.29, 1.82) is 0 Å². The molecular formula is C13H23ClN4. The first-order valence-corrected chi connectivity index (χ1v) is 7.11. The highest BCUT2D eigenvalue weighted by Gasteiger charge is 2.20. The first-order chi connectivity index (χ1) is 8.61. The van der Waals surface area contributed by atoms with Crippen LogP contribution >= 0.6 is 11.6 Å². The summed E-state index contributed by atoms with van der Waals surface area (Å²) in [5.74, 6) is 0. The van der Waals surface area contributed by atoms with E-state index in [1.165, 1.54) is 12.8 Å². The lowest BCUT2D eigenvalue weighted by atomic mass is 10.3. The van der Waals surface area contributed by atoms with Gasteiger partial charge in [-0.15, -0.1) is 0 Å². The van der Waals surface area contributed by atoms with Crippen molar-refractivity contribution in [2.75, 3.05) is 20.1 Å². The van der Waals surface area contributed by atoms with Crippen molar-refractivity contribution in [2.24, 2.45) is 7.05 Å². The lowest BCUT2D eigenvalue weighted by Gasteiger charge is -2.17. The zero-order valence-corrected chi connectivity index (χ0v) is 12.3. The molecule has 1 saturated carbocycles. The molecule has 1 aliphatic rings. The van der Waals surface area contributed by atoms with E-state index < -0.39 is 0 Å². The van der Waals surface area contributed by atoms with E-state index in [0.29, 0.717) is 0 Å². The van der Waals surface area contributed by atoms with E-state index in [1.807, 2.05) is 11.7 Å². The summed E-state index contributed by atoms with van der Waals surface area (Å²) in [4.78, 5) is 2.29. The molecule has 2 rings (SSSR count). The minimum atomic E-state index is 0.783. The van der Waals surface area contributed by atoms with Gasteiger partial charge >= 0.3 is 0 Å². The van der Waals surface area contributed by atoms with E-state index in [9.17, 15) is 0 Å². The molecule has 0 saturated heterocycles. The Morgan fingerprint density at radius 1 is 1.50 bits per heavy atom. The van der Waals surface area contributed by atoms with Crippen molar-refractivity contribution in [2.45, 2.75) is 38.8 Å². The molecule has 1 N–H and O–H groups in total. The summed E-state index contributed by atoms with van der Waals surface area (Å²) >= 11 is 6.34. The molecule has 0 radical (unpaired) electrons. The molecule has 4 nitrogen and oxygen atoms in total. The Morgan fingerprint density at radius 2 is 2.22 bits per heavy atom. The van der Waals surface area contributed by atoms with Crippen LogP contribution in [0.5, 0.6) is 0 Å². The normalized spacial score (nSPS) is 15.6. The van der Waals surface area contributed by atoms with Crippen LogP contribution in [0.4, 0.5) is 0 Å². The molecule has 18 heavy (non-hydrogen) atoms. The monoisotopic (exact) mass is 270 g/mol. The number of aryl methyl sites for hydroxylation is 2. The van der Waals surface area contributed by atoms with Crippen molar-refractivity contribution in [3.8, 4) is 0 Å². The Kier molecular flexibility index (Phi) is 4.65. The third-order valence-corrected chi connectivity index (χ3v) is 3.86. The third-order valence-electron chi connectivity index (χ3n) is 3.43. The summed E-state index contributed by atoms with van der Waals surface area (Å²) < 4.78 is 1.91. The number of aromatic nitrogens is 2. The van der Waals surface area contributed by atoms with Gasteiger partial charge in [0.25, 0.3) is 0 Å². The predicted octanol–water partition coefficient (Wildman–Crippen LogP) is 1.82. The zero-order valence-electron chi connectivity index (χ0n) is 11.5. The molecule has 1 fully saturated rings. The fraction of sp³-hybridized carbons (Fsp3) is 0.769. The standard InChI is InChI=1S/C13H23ClN4/c1-4-11-13(14)12(18(3)16-11)9-17(2)8-7-15-10-5-6-10/h10,15H,4-9H2,1-3H3. The summed E-state index contributed by atoms with van der Waals surface area (Å²) in [6.07, 6.45) is 3.58. The van der Waals surface area contributed by atoms with Crippen LogP contribution in [0.15, 0.2) is 0 Å². The maximum absolute atomic E-state index is 6.34. The molecule has 0 bridgehead atoms. The number of hydrogen-bond acceptors (Lipinski definition) is 3. The summed E-state index contributed by atoms with van der Waals surface area (Å²) in [6.45, 7) is 5.03. The van der Waals surface area contributed by atoms with Crippen LogP contribution in [0.1, 0.15) is 31.2 Å². The SMILES string of the molecule is CCc1nn(C)c(CN(C)CCNC2CC2)c1Cl. The first-order valence-electron chi connectivity index (χ1n) is 6.74. The Hall–Kier alpha value is -0.580. The van der Waals surface area contributed by atoms with Crippen molar-refractivity contribution in [1.82, 2.24) is 20.0 Å². The van der Waals surface area contributed by atoms with Crippen LogP contribution in [-0.4, -0.2) is 40.9 Å². The van der Waals surface area contributed by atoms with E-state index in [4.69, 9.17) is 11.6 Å². The second-order valence-corrected chi connectivity index (χ2v) is 5.53. The largest absolute Gasteiger partial charge is 0.313 e. The van der Waals surface area contributed by atoms with Crippen LogP contribution in [0, 0.1) is 0 Å². The minimum Gasteiger partial charge on any atom is -0.313 e. The summed E-state index contributed by atoms with van der Waals surface area (Å²) in [7, 11) is 4.10. The molecule has 102 valence electrons. The number of hydrogen-bond donors (Lipinski definition) is 1. The van der Waals surface area contributed by atoms with Gasteiger partial charge in [-0.05, 0) is 26.3 Å². The number of nitrogens with one attached hydrogen (secondary N) is 1. The van der Waals surface area contributed by atoms with Gasteiger partial charge in [0, 0.05) is 32.7 Å². The average Bonchev–Trinajstić information content (AvgIpc) is 3.11. The van der Waals surface area contributed by atoms with E-state index in [2.05, 4.69) is 29.3 Å². The highest BCUT2D eigenvalue weighted by molar-refractivity contribution is 6.31. The Morgan fingerprint density at radius 3 is 2.78 bits per heavy atom. The van der Waals surface area contributed by atoms with E-state index in [1.54, 1.807) is 0 Å². The zero-order chi connectivity index (χ0) is 13.1. The topological polar surface area (TPSA) is 33.1 Å². The maximum Gasteiger partial charge on any atom is 0.0863 e. The molecule has 5 heteroatoms. The third kappa shape index (κ3) is 3.46. The average molecular weight is 271 g/mol. The van der Waals surface area contributed by atoms with Crippen LogP contribution < -0.4 is 5.32 Å². The van der Waals surface area contributed by atoms with Gasteiger partial charge in [0.2, 0.25) is 0 Å². The fourth-order valence-corrected chi connectivity index (χ4v) is 2.43. The quantitative estimate of drug-likeness (QED) is 0.821. The molecule has 0 spiro atoms. The first kappa shape index (κ1) is 13.8. The van der Waals surface area contributed by atoms with Gasteiger partial charge in [-0.3, -0.25) is 9.58 Å². The number of halogens is 1. The Bertz CT molecular complexity index is 398. The smallest absolute Gasteiger partial charge is 0.0863 e. The molecule has 0 unspecified atom stereocenters. The highest BCUT2D eigenvalue weighted by Crippen LogP contribution is 2.22. The predicted molar refractivity (Wildman–Crippen MR) is 75.0 cm³/mol. The van der Waals surface area contributed by atoms with Gasteiger partial charge in [0.05, 0.1) is 16.4 Å². The molecular weight excluding hydrogens is 248 g/mol. The summed E-state index contributed by atoms with van der Waals surface area (Å²) in [5.41, 5.74) is 2.11. The van der Waals surface area contributed by atoms with E-state index >= 15 is 0 Å². The lowest BCUT2D eigenvalue weighted by molar-refractivity contribution is 0.315. The van der Waals surface area contributed by atoms with E-state index in [-0.39, 0.29) is 0 Å². The summed E-state index contributed by atoms with van der Waals surface area (Å²) in [5, 5.41) is 8.80. The van der Waals surface area contributed by atoms with Crippen LogP contribution in [0.25, 0.3) is 0 Å². The van der Waals surface area contributed by atoms with Crippen molar-refractivity contribution in [3.05, 3.63) is 16.4 Å². The van der Waals surface area contributed by atoms with Gasteiger partial charge in [0.1, 0.15) is 0 Å². The highest BCUT2D eigenvalue weighted by atomic mass is 35.5. The number of likely N-dealkylation sites (N-methyl/N-ethyl adjacent to an activating group) is 1.